The minimum absolute atomic E-state index is 0.444. The van der Waals surface area contributed by atoms with Gasteiger partial charge in [-0.3, -0.25) is 4.57 Å². The molecular formula is C4H5N2OS+. The van der Waals surface area contributed by atoms with Crippen LogP contribution in [0.2, 0.25) is 0 Å². The molecule has 1 rings (SSSR count). The number of imidazole rings is 1. The van der Waals surface area contributed by atoms with Crippen molar-refractivity contribution < 1.29 is 4.21 Å². The molecule has 3 nitrogen and oxygen atoms in total. The van der Waals surface area contributed by atoms with E-state index in [4.69, 9.17) is 0 Å². The Kier molecular flexibility index (Phi) is 1.69. The molecular weight excluding hydrogens is 124 g/mol. The van der Waals surface area contributed by atoms with E-state index in [1.807, 2.05) is 0 Å². The highest BCUT2D eigenvalue weighted by Gasteiger charge is 1.95. The van der Waals surface area contributed by atoms with Crippen LogP contribution in [0.4, 0.5) is 0 Å². The monoisotopic (exact) mass is 129 g/mol. The van der Waals surface area contributed by atoms with Gasteiger partial charge in [0.05, 0.1) is 6.33 Å². The molecule has 0 aromatic carbocycles. The maximum absolute atomic E-state index is 9.87. The minimum atomic E-state index is 0.444. The van der Waals surface area contributed by atoms with Crippen LogP contribution in [-0.2, 0) is 21.8 Å². The first kappa shape index (κ1) is 5.37. The predicted molar refractivity (Wildman–Crippen MR) is 30.3 cm³/mol. The molecule has 0 amide bonds. The van der Waals surface area contributed by atoms with Crippen molar-refractivity contribution in [2.24, 2.45) is 0 Å². The first-order valence-electron chi connectivity index (χ1n) is 2.14. The third-order valence-corrected chi connectivity index (χ3v) is 1.16. The molecule has 0 radical (unpaired) electrons. The third-order valence-electron chi connectivity index (χ3n) is 0.761. The number of aromatic nitrogens is 2. The zero-order chi connectivity index (χ0) is 5.82. The van der Waals surface area contributed by atoms with E-state index in [0.29, 0.717) is 17.5 Å². The third kappa shape index (κ3) is 1.10. The summed E-state index contributed by atoms with van der Waals surface area (Å²) in [4.78, 5) is 3.75. The van der Waals surface area contributed by atoms with Crippen molar-refractivity contribution >= 4 is 11.7 Å². The maximum atomic E-state index is 9.87. The fourth-order valence-corrected chi connectivity index (χ4v) is 0.698. The summed E-state index contributed by atoms with van der Waals surface area (Å²) in [7, 11) is 0. The second-order valence-electron chi connectivity index (χ2n) is 1.32. The Bertz CT molecular complexity index is 161. The minimum Gasteiger partial charge on any atom is -0.282 e. The van der Waals surface area contributed by atoms with Crippen molar-refractivity contribution in [3.05, 3.63) is 18.7 Å². The summed E-state index contributed by atoms with van der Waals surface area (Å²) in [5, 5.41) is 0. The van der Waals surface area contributed by atoms with Crippen LogP contribution in [0.25, 0.3) is 0 Å². The topological polar surface area (TPSA) is 34.9 Å². The van der Waals surface area contributed by atoms with E-state index in [2.05, 4.69) is 4.98 Å². The van der Waals surface area contributed by atoms with E-state index in [9.17, 15) is 4.21 Å². The maximum Gasteiger partial charge on any atom is 0.482 e. The molecule has 1 aromatic heterocycles. The molecule has 0 aliphatic rings. The van der Waals surface area contributed by atoms with Gasteiger partial charge >= 0.3 is 17.5 Å². The Morgan fingerprint density at radius 1 is 1.75 bits per heavy atom. The summed E-state index contributed by atoms with van der Waals surface area (Å²) in [5.74, 6) is 0.444. The van der Waals surface area contributed by atoms with Gasteiger partial charge in [0.1, 0.15) is 0 Å². The van der Waals surface area contributed by atoms with Gasteiger partial charge in [-0.05, 0) is 0 Å². The Morgan fingerprint density at radius 2 is 2.62 bits per heavy atom. The standard InChI is InChI=1S/C4H5N2OS/c7-8-4-6-2-1-5-3-6/h1-3H,4H2/q+1. The number of hydrogen-bond acceptors (Lipinski definition) is 2. The van der Waals surface area contributed by atoms with Crippen LogP contribution in [0.15, 0.2) is 18.7 Å². The molecule has 0 fully saturated rings. The highest BCUT2D eigenvalue weighted by atomic mass is 32.1. The highest BCUT2D eigenvalue weighted by Crippen LogP contribution is 1.81. The Hall–Kier alpha value is -0.770. The first-order chi connectivity index (χ1) is 3.93. The van der Waals surface area contributed by atoms with Gasteiger partial charge in [-0.15, -0.1) is 0 Å². The molecule has 0 bridgehead atoms. The molecule has 0 saturated heterocycles. The average molecular weight is 129 g/mol. The SMILES string of the molecule is O=[S+]Cn1ccnc1. The van der Waals surface area contributed by atoms with Crippen molar-refractivity contribution in [3.63, 3.8) is 0 Å². The second-order valence-corrected chi connectivity index (χ2v) is 1.82. The van der Waals surface area contributed by atoms with Crippen molar-refractivity contribution in [3.8, 4) is 0 Å². The van der Waals surface area contributed by atoms with Crippen LogP contribution in [0.3, 0.4) is 0 Å². The van der Waals surface area contributed by atoms with Crippen LogP contribution in [0.1, 0.15) is 0 Å². The van der Waals surface area contributed by atoms with Gasteiger partial charge in [0.15, 0.2) is 0 Å². The molecule has 0 aliphatic heterocycles. The zero-order valence-corrected chi connectivity index (χ0v) is 4.97. The lowest BCUT2D eigenvalue weighted by atomic mass is 10.9. The lowest BCUT2D eigenvalue weighted by Gasteiger charge is -1.77. The Morgan fingerprint density at radius 3 is 3.12 bits per heavy atom. The fraction of sp³-hybridized carbons (Fsp3) is 0.250. The van der Waals surface area contributed by atoms with Crippen molar-refractivity contribution in [1.29, 1.82) is 0 Å². The van der Waals surface area contributed by atoms with Crippen LogP contribution in [-0.4, -0.2) is 9.55 Å². The molecule has 1 heterocycles. The van der Waals surface area contributed by atoms with Gasteiger partial charge < -0.3 is 0 Å². The molecule has 0 saturated carbocycles. The van der Waals surface area contributed by atoms with Gasteiger partial charge in [-0.1, -0.05) is 0 Å². The lowest BCUT2D eigenvalue weighted by Crippen LogP contribution is -1.89. The predicted octanol–water partition coefficient (Wildman–Crippen LogP) is 0.269. The summed E-state index contributed by atoms with van der Waals surface area (Å²) >= 11 is 0.532. The molecule has 0 atom stereocenters. The largest absolute Gasteiger partial charge is 0.482 e. The van der Waals surface area contributed by atoms with Gasteiger partial charge in [-0.25, -0.2) is 4.98 Å². The average Bonchev–Trinajstić information content (AvgIpc) is 2.19. The second kappa shape index (κ2) is 2.52. The highest BCUT2D eigenvalue weighted by molar-refractivity contribution is 7.64. The molecule has 0 unspecified atom stereocenters. The lowest BCUT2D eigenvalue weighted by molar-refractivity contribution is 0.599. The fourth-order valence-electron chi connectivity index (χ4n) is 0.424. The van der Waals surface area contributed by atoms with E-state index < -0.39 is 0 Å². The van der Waals surface area contributed by atoms with E-state index in [-0.39, 0.29) is 0 Å². The molecule has 1 aromatic rings. The number of nitrogens with zero attached hydrogens (tertiary/aromatic N) is 2. The van der Waals surface area contributed by atoms with E-state index >= 15 is 0 Å². The number of hydrogen-bond donors (Lipinski definition) is 0. The normalized spacial score (nSPS) is 9.00. The first-order valence-corrected chi connectivity index (χ1v) is 3.05. The van der Waals surface area contributed by atoms with Gasteiger partial charge in [0.2, 0.25) is 0 Å². The summed E-state index contributed by atoms with van der Waals surface area (Å²) in [6, 6.07) is 0. The number of rotatable bonds is 2. The van der Waals surface area contributed by atoms with Crippen molar-refractivity contribution in [1.82, 2.24) is 9.55 Å². The van der Waals surface area contributed by atoms with Crippen molar-refractivity contribution in [2.75, 3.05) is 0 Å². The molecule has 8 heavy (non-hydrogen) atoms. The van der Waals surface area contributed by atoms with Crippen molar-refractivity contribution in [2.45, 2.75) is 5.88 Å². The van der Waals surface area contributed by atoms with Crippen LogP contribution < -0.4 is 0 Å². The van der Waals surface area contributed by atoms with E-state index in [1.54, 1.807) is 23.3 Å². The summed E-state index contributed by atoms with van der Waals surface area (Å²) in [6.45, 7) is 0. The molecule has 0 N–H and O–H groups in total. The van der Waals surface area contributed by atoms with Gasteiger partial charge in [0.25, 0.3) is 0 Å². The Balaban J connectivity index is 2.62. The van der Waals surface area contributed by atoms with E-state index in [1.165, 1.54) is 0 Å². The van der Waals surface area contributed by atoms with Crippen LogP contribution in [0, 0.1) is 0 Å². The molecule has 0 aliphatic carbocycles. The summed E-state index contributed by atoms with van der Waals surface area (Å²) in [6.07, 6.45) is 5.02. The summed E-state index contributed by atoms with van der Waals surface area (Å²) < 4.78 is 11.6. The van der Waals surface area contributed by atoms with Crippen LogP contribution >= 0.6 is 0 Å². The molecule has 0 spiro atoms. The smallest absolute Gasteiger partial charge is 0.282 e. The quantitative estimate of drug-likeness (QED) is 0.537. The van der Waals surface area contributed by atoms with Gasteiger partial charge in [0, 0.05) is 16.6 Å². The Labute approximate surface area is 50.8 Å². The zero-order valence-electron chi connectivity index (χ0n) is 4.15. The van der Waals surface area contributed by atoms with E-state index in [0.717, 1.165) is 0 Å². The molecule has 42 valence electrons. The van der Waals surface area contributed by atoms with Crippen LogP contribution in [0.5, 0.6) is 0 Å². The molecule has 4 heteroatoms. The summed E-state index contributed by atoms with van der Waals surface area (Å²) in [5.41, 5.74) is 0. The van der Waals surface area contributed by atoms with Gasteiger partial charge in [-0.2, -0.15) is 0 Å².